The molecule has 0 bridgehead atoms. The molecule has 3 unspecified atom stereocenters. The third kappa shape index (κ3) is 2.64. The van der Waals surface area contributed by atoms with Crippen molar-refractivity contribution in [2.24, 2.45) is 17.3 Å². The molecule has 1 aliphatic heterocycles. The smallest absolute Gasteiger partial charge is 0.188 e. The molecule has 0 amide bonds. The van der Waals surface area contributed by atoms with Gasteiger partial charge in [0, 0.05) is 12.8 Å². The zero-order valence-corrected chi connectivity index (χ0v) is 14.9. The molecule has 0 aromatic rings. The van der Waals surface area contributed by atoms with E-state index in [9.17, 15) is 15.0 Å². The molecule has 0 aromatic carbocycles. The Morgan fingerprint density at radius 1 is 1.16 bits per heavy atom. The topological polar surface area (TPSA) is 76.0 Å². The standard InChI is InChI=1S/C20H28O5/c1-19(12-22)17(4-5-18(19)23)15-3-2-13-10-20(24-8-9-25-20)7-6-14(13)16(15)11-21/h10,15,17,21-22H,2-9,11-12H2,1H3. The molecule has 1 heterocycles. The summed E-state index contributed by atoms with van der Waals surface area (Å²) < 4.78 is 11.7. The number of aliphatic hydroxyl groups is 2. The van der Waals surface area contributed by atoms with Crippen LogP contribution < -0.4 is 0 Å². The van der Waals surface area contributed by atoms with Crippen molar-refractivity contribution in [1.29, 1.82) is 0 Å². The number of aliphatic hydroxyl groups excluding tert-OH is 2. The van der Waals surface area contributed by atoms with Gasteiger partial charge in [-0.1, -0.05) is 6.92 Å². The van der Waals surface area contributed by atoms with E-state index in [0.717, 1.165) is 37.7 Å². The van der Waals surface area contributed by atoms with E-state index in [0.29, 0.717) is 19.6 Å². The fraction of sp³-hybridized carbons (Fsp3) is 0.750. The van der Waals surface area contributed by atoms with E-state index in [-0.39, 0.29) is 30.8 Å². The second kappa shape index (κ2) is 6.31. The van der Waals surface area contributed by atoms with Gasteiger partial charge in [0.2, 0.25) is 0 Å². The molecule has 1 saturated heterocycles. The summed E-state index contributed by atoms with van der Waals surface area (Å²) in [5.74, 6) is -0.0925. The zero-order chi connectivity index (χ0) is 17.7. The Balaban J connectivity index is 1.68. The maximum absolute atomic E-state index is 12.3. The minimum atomic E-state index is -0.666. The first-order valence-corrected chi connectivity index (χ1v) is 9.50. The number of carbonyl (C=O) groups is 1. The number of hydrogen-bond donors (Lipinski definition) is 2. The van der Waals surface area contributed by atoms with Crippen LogP contribution in [0.1, 0.15) is 45.4 Å². The molecular formula is C20H28O5. The van der Waals surface area contributed by atoms with Crippen molar-refractivity contribution in [3.8, 4) is 0 Å². The number of ether oxygens (including phenoxy) is 2. The number of ketones is 1. The van der Waals surface area contributed by atoms with Crippen LogP contribution in [0.5, 0.6) is 0 Å². The number of Topliss-reactive ketones (excluding diaryl/α,β-unsaturated/α-hetero) is 1. The van der Waals surface area contributed by atoms with E-state index in [2.05, 4.69) is 6.08 Å². The molecule has 3 aliphatic carbocycles. The van der Waals surface area contributed by atoms with Gasteiger partial charge in [0.25, 0.3) is 0 Å². The maximum Gasteiger partial charge on any atom is 0.188 e. The SMILES string of the molecule is CC1(CO)C(=O)CCC1C1CCC2=CC3(CCC2=C1CO)OCCO3. The highest BCUT2D eigenvalue weighted by molar-refractivity contribution is 5.87. The molecule has 1 spiro atoms. The van der Waals surface area contributed by atoms with Crippen molar-refractivity contribution in [1.82, 2.24) is 0 Å². The Kier molecular flexibility index (Phi) is 4.39. The fourth-order valence-corrected chi connectivity index (χ4v) is 5.49. The van der Waals surface area contributed by atoms with Gasteiger partial charge in [0.15, 0.2) is 5.79 Å². The lowest BCUT2D eigenvalue weighted by Crippen LogP contribution is -2.40. The number of hydrogen-bond acceptors (Lipinski definition) is 5. The summed E-state index contributed by atoms with van der Waals surface area (Å²) in [6.45, 7) is 3.09. The van der Waals surface area contributed by atoms with Crippen LogP contribution in [-0.2, 0) is 14.3 Å². The highest BCUT2D eigenvalue weighted by Gasteiger charge is 2.51. The van der Waals surface area contributed by atoms with E-state index in [1.807, 2.05) is 6.92 Å². The van der Waals surface area contributed by atoms with Crippen LogP contribution in [0.4, 0.5) is 0 Å². The van der Waals surface area contributed by atoms with Gasteiger partial charge in [-0.05, 0) is 60.3 Å². The molecule has 5 heteroatoms. The summed E-state index contributed by atoms with van der Waals surface area (Å²) >= 11 is 0. The van der Waals surface area contributed by atoms with E-state index in [4.69, 9.17) is 9.47 Å². The molecule has 25 heavy (non-hydrogen) atoms. The fourth-order valence-electron chi connectivity index (χ4n) is 5.49. The monoisotopic (exact) mass is 348 g/mol. The second-order valence-corrected chi connectivity index (χ2v) is 8.13. The minimum absolute atomic E-state index is 0.0260. The van der Waals surface area contributed by atoms with Crippen LogP contribution in [-0.4, -0.2) is 48.2 Å². The van der Waals surface area contributed by atoms with Gasteiger partial charge >= 0.3 is 0 Å². The molecular weight excluding hydrogens is 320 g/mol. The highest BCUT2D eigenvalue weighted by Crippen LogP contribution is 2.52. The lowest BCUT2D eigenvalue weighted by molar-refractivity contribution is -0.129. The predicted octanol–water partition coefficient (Wildman–Crippen LogP) is 2.13. The van der Waals surface area contributed by atoms with E-state index < -0.39 is 11.2 Å². The summed E-state index contributed by atoms with van der Waals surface area (Å²) in [5, 5.41) is 20.0. The summed E-state index contributed by atoms with van der Waals surface area (Å²) in [5.41, 5.74) is 2.89. The molecule has 0 aromatic heterocycles. The summed E-state index contributed by atoms with van der Waals surface area (Å²) in [6, 6.07) is 0. The number of fused-ring (bicyclic) bond motifs is 1. The quantitative estimate of drug-likeness (QED) is 0.817. The number of rotatable bonds is 3. The molecule has 138 valence electrons. The van der Waals surface area contributed by atoms with Crippen LogP contribution in [0.3, 0.4) is 0 Å². The van der Waals surface area contributed by atoms with Gasteiger partial charge in [0.1, 0.15) is 5.78 Å². The predicted molar refractivity (Wildman–Crippen MR) is 91.7 cm³/mol. The average molecular weight is 348 g/mol. The number of carbonyl (C=O) groups excluding carboxylic acids is 1. The van der Waals surface area contributed by atoms with Crippen molar-refractivity contribution < 1.29 is 24.5 Å². The van der Waals surface area contributed by atoms with Gasteiger partial charge < -0.3 is 19.7 Å². The van der Waals surface area contributed by atoms with Gasteiger partial charge in [0.05, 0.1) is 31.8 Å². The first kappa shape index (κ1) is 17.4. The minimum Gasteiger partial charge on any atom is -0.395 e. The molecule has 2 N–H and O–H groups in total. The third-order valence-corrected chi connectivity index (χ3v) is 6.96. The zero-order valence-electron chi connectivity index (χ0n) is 14.9. The Morgan fingerprint density at radius 2 is 1.92 bits per heavy atom. The van der Waals surface area contributed by atoms with Crippen LogP contribution in [0.15, 0.2) is 22.8 Å². The van der Waals surface area contributed by atoms with E-state index in [1.54, 1.807) is 0 Å². The van der Waals surface area contributed by atoms with Crippen molar-refractivity contribution >= 4 is 5.78 Å². The molecule has 4 aliphatic rings. The normalized spacial score (nSPS) is 37.6. The van der Waals surface area contributed by atoms with Crippen molar-refractivity contribution in [2.75, 3.05) is 26.4 Å². The lowest BCUT2D eigenvalue weighted by Gasteiger charge is -2.42. The van der Waals surface area contributed by atoms with Crippen LogP contribution in [0.2, 0.25) is 0 Å². The van der Waals surface area contributed by atoms with Gasteiger partial charge in [-0.3, -0.25) is 4.79 Å². The molecule has 5 nitrogen and oxygen atoms in total. The van der Waals surface area contributed by atoms with Crippen molar-refractivity contribution in [3.05, 3.63) is 22.8 Å². The first-order chi connectivity index (χ1) is 12.0. The molecule has 2 fully saturated rings. The third-order valence-electron chi connectivity index (χ3n) is 6.96. The Hall–Kier alpha value is -1.01. The summed E-state index contributed by atoms with van der Waals surface area (Å²) in [6.07, 6.45) is 6.93. The Bertz CT molecular complexity index is 628. The van der Waals surface area contributed by atoms with E-state index >= 15 is 0 Å². The van der Waals surface area contributed by atoms with Gasteiger partial charge in [-0.2, -0.15) is 0 Å². The average Bonchev–Trinajstić information content (AvgIpc) is 3.19. The van der Waals surface area contributed by atoms with Crippen LogP contribution in [0.25, 0.3) is 0 Å². The maximum atomic E-state index is 12.3. The number of allylic oxidation sites excluding steroid dienone is 2. The summed E-state index contributed by atoms with van der Waals surface area (Å²) in [7, 11) is 0. The highest BCUT2D eigenvalue weighted by atomic mass is 16.7. The molecule has 1 saturated carbocycles. The van der Waals surface area contributed by atoms with Crippen LogP contribution in [0, 0.1) is 17.3 Å². The molecule has 4 rings (SSSR count). The van der Waals surface area contributed by atoms with Crippen molar-refractivity contribution in [3.63, 3.8) is 0 Å². The van der Waals surface area contributed by atoms with Gasteiger partial charge in [-0.25, -0.2) is 0 Å². The molecule has 0 radical (unpaired) electrons. The van der Waals surface area contributed by atoms with E-state index in [1.165, 1.54) is 11.1 Å². The van der Waals surface area contributed by atoms with Gasteiger partial charge in [-0.15, -0.1) is 0 Å². The summed E-state index contributed by atoms with van der Waals surface area (Å²) in [4.78, 5) is 12.3. The lowest BCUT2D eigenvalue weighted by atomic mass is 9.64. The second-order valence-electron chi connectivity index (χ2n) is 8.13. The van der Waals surface area contributed by atoms with Crippen molar-refractivity contribution in [2.45, 2.75) is 51.2 Å². The Labute approximate surface area is 148 Å². The van der Waals surface area contributed by atoms with Crippen LogP contribution >= 0.6 is 0 Å². The largest absolute Gasteiger partial charge is 0.395 e. The molecule has 3 atom stereocenters. The first-order valence-electron chi connectivity index (χ1n) is 9.50. The Morgan fingerprint density at radius 3 is 2.60 bits per heavy atom.